The van der Waals surface area contributed by atoms with Crippen LogP contribution in [0.3, 0.4) is 0 Å². The third-order valence-corrected chi connectivity index (χ3v) is 4.55. The molecule has 0 fully saturated rings. The molecule has 0 saturated heterocycles. The Morgan fingerprint density at radius 1 is 1.04 bits per heavy atom. The molecule has 8 nitrogen and oxygen atoms in total. The average molecular weight is 379 g/mol. The summed E-state index contributed by atoms with van der Waals surface area (Å²) in [6.07, 6.45) is 3.15. The maximum atomic E-state index is 11.6. The van der Waals surface area contributed by atoms with Crippen LogP contribution in [0.15, 0.2) is 18.2 Å². The molecule has 0 amide bonds. The van der Waals surface area contributed by atoms with Crippen LogP contribution in [-0.2, 0) is 4.74 Å². The van der Waals surface area contributed by atoms with E-state index in [1.165, 1.54) is 40.6 Å². The van der Waals surface area contributed by atoms with E-state index in [4.69, 9.17) is 14.2 Å². The number of methoxy groups -OCH3 is 4. The van der Waals surface area contributed by atoms with Crippen molar-refractivity contribution < 1.29 is 28.7 Å². The molecule has 1 heterocycles. The minimum Gasteiger partial charge on any atom is -0.496 e. The molecular formula is C17H17NO7S. The molecule has 26 heavy (non-hydrogen) atoms. The maximum absolute atomic E-state index is 11.6. The Balaban J connectivity index is 2.51. The second-order valence-corrected chi connectivity index (χ2v) is 5.97. The van der Waals surface area contributed by atoms with Crippen LogP contribution in [0.2, 0.25) is 0 Å². The molecule has 1 aromatic carbocycles. The van der Waals surface area contributed by atoms with Crippen molar-refractivity contribution in [3.05, 3.63) is 43.6 Å². The summed E-state index contributed by atoms with van der Waals surface area (Å²) in [7, 11) is 5.73. The minimum atomic E-state index is -0.627. The second-order valence-electron chi connectivity index (χ2n) is 4.89. The summed E-state index contributed by atoms with van der Waals surface area (Å²) >= 11 is 0.965. The number of carbonyl (C=O) groups excluding carboxylic acids is 1. The third-order valence-electron chi connectivity index (χ3n) is 3.48. The zero-order chi connectivity index (χ0) is 19.3. The zero-order valence-corrected chi connectivity index (χ0v) is 15.4. The first kappa shape index (κ1) is 19.3. The van der Waals surface area contributed by atoms with Gasteiger partial charge in [-0.15, -0.1) is 11.3 Å². The van der Waals surface area contributed by atoms with E-state index in [1.54, 1.807) is 18.2 Å². The molecule has 1 aromatic heterocycles. The number of esters is 1. The van der Waals surface area contributed by atoms with Gasteiger partial charge in [0, 0.05) is 18.2 Å². The van der Waals surface area contributed by atoms with E-state index < -0.39 is 10.9 Å². The quantitative estimate of drug-likeness (QED) is 0.411. The van der Waals surface area contributed by atoms with E-state index in [1.807, 2.05) is 0 Å². The van der Waals surface area contributed by atoms with Crippen molar-refractivity contribution in [3.63, 3.8) is 0 Å². The predicted octanol–water partition coefficient (Wildman–Crippen LogP) is 3.64. The number of nitro groups is 1. The highest BCUT2D eigenvalue weighted by Gasteiger charge is 2.21. The normalized spacial score (nSPS) is 10.6. The molecule has 2 aromatic rings. The number of ether oxygens (including phenoxy) is 4. The number of hydrogen-bond acceptors (Lipinski definition) is 8. The predicted molar refractivity (Wildman–Crippen MR) is 97.3 cm³/mol. The van der Waals surface area contributed by atoms with Crippen molar-refractivity contribution in [1.82, 2.24) is 0 Å². The third kappa shape index (κ3) is 3.94. The van der Waals surface area contributed by atoms with E-state index >= 15 is 0 Å². The van der Waals surface area contributed by atoms with Crippen molar-refractivity contribution >= 4 is 35.1 Å². The highest BCUT2D eigenvalue weighted by atomic mass is 32.1. The van der Waals surface area contributed by atoms with Gasteiger partial charge >= 0.3 is 5.97 Å². The van der Waals surface area contributed by atoms with Gasteiger partial charge in [0.25, 0.3) is 5.69 Å². The van der Waals surface area contributed by atoms with Gasteiger partial charge in [-0.2, -0.15) is 0 Å². The molecule has 0 saturated carbocycles. The monoisotopic (exact) mass is 379 g/mol. The van der Waals surface area contributed by atoms with Crippen molar-refractivity contribution in [3.8, 4) is 17.2 Å². The minimum absolute atomic E-state index is 0.146. The Hall–Kier alpha value is -3.07. The van der Waals surface area contributed by atoms with Crippen LogP contribution in [0.25, 0.3) is 12.2 Å². The Bertz CT molecular complexity index is 832. The summed E-state index contributed by atoms with van der Waals surface area (Å²) < 4.78 is 20.5. The maximum Gasteiger partial charge on any atom is 0.348 e. The molecule has 0 spiro atoms. The van der Waals surface area contributed by atoms with Gasteiger partial charge in [0.2, 0.25) is 0 Å². The highest BCUT2D eigenvalue weighted by Crippen LogP contribution is 2.37. The largest absolute Gasteiger partial charge is 0.496 e. The second kappa shape index (κ2) is 8.34. The zero-order valence-electron chi connectivity index (χ0n) is 14.6. The van der Waals surface area contributed by atoms with Gasteiger partial charge in [0.1, 0.15) is 27.0 Å². The lowest BCUT2D eigenvalue weighted by molar-refractivity contribution is -0.384. The van der Waals surface area contributed by atoms with Gasteiger partial charge in [-0.3, -0.25) is 10.1 Å². The summed E-state index contributed by atoms with van der Waals surface area (Å²) in [5.74, 6) is 0.873. The number of hydrogen-bond donors (Lipinski definition) is 0. The molecule has 0 aliphatic heterocycles. The summed E-state index contributed by atoms with van der Waals surface area (Å²) in [6, 6.07) is 4.54. The number of rotatable bonds is 7. The number of nitrogens with zero attached hydrogens (tertiary/aromatic N) is 1. The van der Waals surface area contributed by atoms with E-state index in [-0.39, 0.29) is 10.6 Å². The topological polar surface area (TPSA) is 97.1 Å². The van der Waals surface area contributed by atoms with Gasteiger partial charge in [0.05, 0.1) is 38.9 Å². The summed E-state index contributed by atoms with van der Waals surface area (Å²) in [6.45, 7) is 0. The highest BCUT2D eigenvalue weighted by molar-refractivity contribution is 7.15. The van der Waals surface area contributed by atoms with Crippen molar-refractivity contribution in [1.29, 1.82) is 0 Å². The smallest absolute Gasteiger partial charge is 0.348 e. The molecular weight excluding hydrogens is 362 g/mol. The molecule has 0 aliphatic carbocycles. The Kier molecular flexibility index (Phi) is 6.18. The van der Waals surface area contributed by atoms with E-state index in [0.717, 1.165) is 11.3 Å². The average Bonchev–Trinajstić information content (AvgIpc) is 3.09. The number of benzene rings is 1. The fraction of sp³-hybridized carbons (Fsp3) is 0.235. The summed E-state index contributed by atoms with van der Waals surface area (Å²) in [5.41, 5.74) is 0.399. The van der Waals surface area contributed by atoms with Crippen molar-refractivity contribution in [2.75, 3.05) is 28.4 Å². The molecule has 9 heteroatoms. The van der Waals surface area contributed by atoms with E-state index in [9.17, 15) is 14.9 Å². The molecule has 2 rings (SSSR count). The van der Waals surface area contributed by atoms with Gasteiger partial charge in [-0.25, -0.2) is 4.79 Å². The van der Waals surface area contributed by atoms with Crippen molar-refractivity contribution in [2.24, 2.45) is 0 Å². The van der Waals surface area contributed by atoms with Crippen LogP contribution >= 0.6 is 11.3 Å². The molecule has 0 bridgehead atoms. The van der Waals surface area contributed by atoms with Gasteiger partial charge < -0.3 is 18.9 Å². The summed E-state index contributed by atoms with van der Waals surface area (Å²) in [4.78, 5) is 22.8. The molecule has 0 atom stereocenters. The van der Waals surface area contributed by atoms with Crippen LogP contribution in [0.5, 0.6) is 17.2 Å². The van der Waals surface area contributed by atoms with Crippen molar-refractivity contribution in [2.45, 2.75) is 0 Å². The molecule has 0 radical (unpaired) electrons. The fourth-order valence-electron chi connectivity index (χ4n) is 2.21. The first-order chi connectivity index (χ1) is 12.4. The number of thiophene rings is 1. The lowest BCUT2D eigenvalue weighted by atomic mass is 10.1. The lowest BCUT2D eigenvalue weighted by Crippen LogP contribution is -1.97. The Morgan fingerprint density at radius 3 is 2.12 bits per heavy atom. The first-order valence-corrected chi connectivity index (χ1v) is 8.11. The van der Waals surface area contributed by atoms with Gasteiger partial charge in [-0.1, -0.05) is 0 Å². The first-order valence-electron chi connectivity index (χ1n) is 7.29. The van der Waals surface area contributed by atoms with Gasteiger partial charge in [-0.05, 0) is 12.2 Å². The van der Waals surface area contributed by atoms with Gasteiger partial charge in [0.15, 0.2) is 0 Å². The number of carbonyl (C=O) groups is 1. The van der Waals surface area contributed by atoms with Crippen LogP contribution in [-0.4, -0.2) is 39.3 Å². The van der Waals surface area contributed by atoms with E-state index in [0.29, 0.717) is 27.7 Å². The van der Waals surface area contributed by atoms with Crippen LogP contribution < -0.4 is 14.2 Å². The summed E-state index contributed by atoms with van der Waals surface area (Å²) in [5, 5.41) is 11.2. The Labute approximate surface area is 153 Å². The molecule has 0 aliphatic rings. The fourth-order valence-corrected chi connectivity index (χ4v) is 3.16. The lowest BCUT2D eigenvalue weighted by Gasteiger charge is -2.12. The van der Waals surface area contributed by atoms with Crippen LogP contribution in [0.1, 0.15) is 20.1 Å². The standard InChI is InChI=1S/C17H17NO7S/c1-22-10-7-13(23-2)11(14(8-10)24-3)5-6-15-12(18(20)21)9-16(26-15)17(19)25-4/h5-9H,1-4H3/b6-5+. The van der Waals surface area contributed by atoms with E-state index in [2.05, 4.69) is 4.74 Å². The molecule has 0 unspecified atom stereocenters. The Morgan fingerprint density at radius 2 is 1.65 bits per heavy atom. The molecule has 138 valence electrons. The molecule has 0 N–H and O–H groups in total. The van der Waals surface area contributed by atoms with Crippen LogP contribution in [0, 0.1) is 10.1 Å². The SMILES string of the molecule is COC(=O)c1cc([N+](=O)[O-])c(/C=C/c2c(OC)cc(OC)cc2OC)s1. The van der Waals surface area contributed by atoms with Crippen LogP contribution in [0.4, 0.5) is 5.69 Å².